The van der Waals surface area contributed by atoms with E-state index < -0.39 is 52.9 Å². The molecule has 0 saturated carbocycles. The lowest BCUT2D eigenvalue weighted by atomic mass is 10.1. The van der Waals surface area contributed by atoms with Crippen molar-refractivity contribution >= 4 is 58.6 Å². The number of piperazine rings is 2. The van der Waals surface area contributed by atoms with Crippen LogP contribution in [0, 0.1) is 12.7 Å². The van der Waals surface area contributed by atoms with Crippen LogP contribution < -0.4 is 36.0 Å². The van der Waals surface area contributed by atoms with Crippen LogP contribution in [0.1, 0.15) is 77.9 Å². The third-order valence-corrected chi connectivity index (χ3v) is 13.3. The quantitative estimate of drug-likeness (QED) is 0.196. The minimum atomic E-state index is -4.89. The van der Waals surface area contributed by atoms with Gasteiger partial charge < -0.3 is 58.2 Å². The Morgan fingerprint density at radius 2 is 1.23 bits per heavy atom. The molecule has 0 bridgehead atoms. The number of hydrogen-bond acceptors (Lipinski definition) is 17. The van der Waals surface area contributed by atoms with Crippen LogP contribution in [0.2, 0.25) is 0 Å². The van der Waals surface area contributed by atoms with Crippen LogP contribution >= 0.6 is 0 Å². The standard InChI is InChI=1S/C30H38F4N8O5.C20H31N7O4/c1-6-22-24(38-7-9-40(10-8-38)28(45)47-29(3,4)5)25(44)42-27(36-26(37-42)39-11-13-46-14-12-39)41(22)17-23(43)35-21-16-20(31)19(15-18(21)2)30(32,33)34;1-5-14-15(24-6-8-26(9-7-24)19(29)31-20(2,3)4)16(28)27-17(21-14)22-18(23-27)25-10-12-30-13-11-25/h15-16H,6-14,17H2,1-5H3,(H,35,43);5-13H2,1-4H3,(H,21,22,23). The highest BCUT2D eigenvalue weighted by Crippen LogP contribution is 2.34. The maximum atomic E-state index is 14.4. The fourth-order valence-corrected chi connectivity index (χ4v) is 9.48. The number of morpholine rings is 2. The Hall–Kier alpha value is -7.23. The Labute approximate surface area is 447 Å². The highest BCUT2D eigenvalue weighted by Gasteiger charge is 2.36. The van der Waals surface area contributed by atoms with E-state index in [1.54, 1.807) is 35.1 Å². The van der Waals surface area contributed by atoms with Crippen molar-refractivity contribution in [2.75, 3.05) is 130 Å². The molecule has 0 unspecified atom stereocenters. The first-order valence-corrected chi connectivity index (χ1v) is 26.2. The number of halogens is 4. The summed E-state index contributed by atoms with van der Waals surface area (Å²) in [6.45, 7) is 23.4. The average molecular weight is 1100 g/mol. The number of carbonyl (C=O) groups excluding carboxylic acids is 3. The number of nitrogens with one attached hydrogen (secondary N) is 2. The van der Waals surface area contributed by atoms with E-state index in [9.17, 15) is 41.5 Å². The molecule has 0 aliphatic carbocycles. The zero-order chi connectivity index (χ0) is 56.4. The van der Waals surface area contributed by atoms with E-state index >= 15 is 0 Å². The normalized spacial score (nSPS) is 16.9. The van der Waals surface area contributed by atoms with Gasteiger partial charge in [0.1, 0.15) is 34.9 Å². The van der Waals surface area contributed by atoms with Gasteiger partial charge in [0.25, 0.3) is 16.9 Å². The molecule has 28 heteroatoms. The summed E-state index contributed by atoms with van der Waals surface area (Å²) in [6, 6.07) is 1.28. The Morgan fingerprint density at radius 3 is 1.74 bits per heavy atom. The Balaban J connectivity index is 0.000000224. The minimum Gasteiger partial charge on any atom is -0.444 e. The van der Waals surface area contributed by atoms with Crippen LogP contribution in [0.25, 0.3) is 11.6 Å². The Morgan fingerprint density at radius 1 is 0.692 bits per heavy atom. The number of nitrogens with zero attached hydrogens (tertiary/aromatic N) is 13. The molecular weight excluding hydrogens is 1030 g/mol. The molecule has 4 aliphatic rings. The molecule has 4 aromatic heterocycles. The molecule has 9 rings (SSSR count). The average Bonchev–Trinajstić information content (AvgIpc) is 4.13. The number of alkyl halides is 3. The van der Waals surface area contributed by atoms with Crippen molar-refractivity contribution in [2.24, 2.45) is 0 Å². The summed E-state index contributed by atoms with van der Waals surface area (Å²) in [5.41, 5.74) is -1.30. The molecule has 78 heavy (non-hydrogen) atoms. The van der Waals surface area contributed by atoms with Gasteiger partial charge in [-0.3, -0.25) is 19.5 Å². The van der Waals surface area contributed by atoms with Crippen molar-refractivity contribution in [1.82, 2.24) is 48.5 Å². The topological polar surface area (TPSA) is 235 Å². The zero-order valence-corrected chi connectivity index (χ0v) is 45.6. The molecular formula is C50H69F4N15O9. The number of aryl methyl sites for hydroxylation is 2. The number of aromatic nitrogens is 8. The number of carbonyl (C=O) groups is 3. The van der Waals surface area contributed by atoms with Crippen molar-refractivity contribution in [1.29, 1.82) is 0 Å². The van der Waals surface area contributed by atoms with Gasteiger partial charge in [0, 0.05) is 84.2 Å². The van der Waals surface area contributed by atoms with E-state index in [2.05, 4.69) is 35.4 Å². The van der Waals surface area contributed by atoms with Gasteiger partial charge >= 0.3 is 18.4 Å². The third-order valence-electron chi connectivity index (χ3n) is 13.3. The number of ether oxygens (including phenoxy) is 4. The molecule has 3 amide bonds. The monoisotopic (exact) mass is 1100 g/mol. The number of rotatable bonds is 9. The molecule has 5 aromatic rings. The summed E-state index contributed by atoms with van der Waals surface area (Å²) >= 11 is 0. The first-order chi connectivity index (χ1) is 36.8. The van der Waals surface area contributed by atoms with E-state index in [1.165, 1.54) is 11.4 Å². The van der Waals surface area contributed by atoms with Gasteiger partial charge in [0.15, 0.2) is 0 Å². The van der Waals surface area contributed by atoms with Crippen LogP contribution in [0.4, 0.5) is 56.1 Å². The molecule has 0 spiro atoms. The smallest absolute Gasteiger partial charge is 0.419 e. The predicted molar refractivity (Wildman–Crippen MR) is 280 cm³/mol. The molecule has 8 heterocycles. The molecule has 4 aliphatic heterocycles. The van der Waals surface area contributed by atoms with E-state index in [4.69, 9.17) is 18.9 Å². The van der Waals surface area contributed by atoms with Gasteiger partial charge in [-0.2, -0.15) is 32.2 Å². The molecule has 0 radical (unpaired) electrons. The Kier molecular flexibility index (Phi) is 16.8. The maximum absolute atomic E-state index is 14.4. The summed E-state index contributed by atoms with van der Waals surface area (Å²) in [6.07, 6.45) is -4.76. The zero-order valence-electron chi connectivity index (χ0n) is 45.6. The lowest BCUT2D eigenvalue weighted by Gasteiger charge is -2.37. The van der Waals surface area contributed by atoms with Crippen molar-refractivity contribution in [3.63, 3.8) is 0 Å². The van der Waals surface area contributed by atoms with Crippen LogP contribution in [0.15, 0.2) is 21.7 Å². The van der Waals surface area contributed by atoms with Gasteiger partial charge in [0.05, 0.1) is 43.4 Å². The van der Waals surface area contributed by atoms with Crippen LogP contribution in [0.3, 0.4) is 0 Å². The number of aromatic amines is 1. The van der Waals surface area contributed by atoms with E-state index in [-0.39, 0.29) is 53.4 Å². The highest BCUT2D eigenvalue weighted by molar-refractivity contribution is 5.92. The van der Waals surface area contributed by atoms with E-state index in [0.717, 1.165) is 10.2 Å². The van der Waals surface area contributed by atoms with Gasteiger partial charge in [0.2, 0.25) is 23.6 Å². The lowest BCUT2D eigenvalue weighted by Crippen LogP contribution is -2.51. The number of benzene rings is 1. The molecule has 2 N–H and O–H groups in total. The molecule has 4 saturated heterocycles. The Bertz CT molecular complexity index is 3120. The summed E-state index contributed by atoms with van der Waals surface area (Å²) in [5.74, 6) is -0.826. The predicted octanol–water partition coefficient (Wildman–Crippen LogP) is 4.33. The summed E-state index contributed by atoms with van der Waals surface area (Å²) in [4.78, 5) is 90.7. The second-order valence-corrected chi connectivity index (χ2v) is 21.2. The minimum absolute atomic E-state index is 0.0217. The molecule has 4 fully saturated rings. The summed E-state index contributed by atoms with van der Waals surface area (Å²) in [7, 11) is 0. The number of anilines is 5. The molecule has 426 valence electrons. The van der Waals surface area contributed by atoms with Crippen LogP contribution in [0.5, 0.6) is 0 Å². The van der Waals surface area contributed by atoms with Gasteiger partial charge in [-0.15, -0.1) is 5.10 Å². The SMILES string of the molecule is CCc1c(N2CCN(C(=O)OC(C)(C)C)CC2)c(=O)n2nc(N3CCOCC3)nc2n1CC(=O)Nc1cc(F)c(C(F)(F)F)cc1C.CCc1nc2nc(N3CCOCC3)[nH]n2c(=O)c1N1CCN(C(=O)OC(C)(C)C)CC1. The largest absolute Gasteiger partial charge is 0.444 e. The number of fused-ring (bicyclic) bond motifs is 2. The maximum Gasteiger partial charge on any atom is 0.419 e. The molecule has 0 atom stereocenters. The number of amides is 3. The first-order valence-electron chi connectivity index (χ1n) is 26.2. The fraction of sp³-hybridized carbons (Fsp3) is 0.620. The lowest BCUT2D eigenvalue weighted by molar-refractivity contribution is -0.140. The fourth-order valence-electron chi connectivity index (χ4n) is 9.48. The second-order valence-electron chi connectivity index (χ2n) is 21.2. The summed E-state index contributed by atoms with van der Waals surface area (Å²) < 4.78 is 79.9. The van der Waals surface area contributed by atoms with Gasteiger partial charge in [-0.25, -0.2) is 19.0 Å². The van der Waals surface area contributed by atoms with Crippen molar-refractivity contribution in [3.8, 4) is 0 Å². The first kappa shape index (κ1) is 57.0. The summed E-state index contributed by atoms with van der Waals surface area (Å²) in [5, 5.41) is 10.1. The van der Waals surface area contributed by atoms with Crippen LogP contribution in [-0.4, -0.2) is 183 Å². The number of hydrogen-bond donors (Lipinski definition) is 2. The van der Waals surface area contributed by atoms with Gasteiger partial charge in [-0.05, 0) is 79.0 Å². The van der Waals surface area contributed by atoms with Crippen molar-refractivity contribution < 1.29 is 50.9 Å². The van der Waals surface area contributed by atoms with Crippen molar-refractivity contribution in [3.05, 3.63) is 61.2 Å². The second kappa shape index (κ2) is 23.0. The highest BCUT2D eigenvalue weighted by atomic mass is 19.4. The third kappa shape index (κ3) is 12.9. The molecule has 24 nitrogen and oxygen atoms in total. The van der Waals surface area contributed by atoms with E-state index in [0.29, 0.717) is 140 Å². The van der Waals surface area contributed by atoms with Crippen LogP contribution in [-0.2, 0) is 49.3 Å². The molecule has 1 aromatic carbocycles. The van der Waals surface area contributed by atoms with Gasteiger partial charge in [-0.1, -0.05) is 13.8 Å². The van der Waals surface area contributed by atoms with E-state index in [1.807, 2.05) is 49.3 Å². The number of H-pyrrole nitrogens is 1. The van der Waals surface area contributed by atoms with Crippen molar-refractivity contribution in [2.45, 2.75) is 99.1 Å².